The number of aromatic nitrogens is 2. The normalized spacial score (nSPS) is 22.0. The van der Waals surface area contributed by atoms with E-state index in [0.29, 0.717) is 22.9 Å². The molecule has 2 fully saturated rings. The zero-order chi connectivity index (χ0) is 15.1. The third-order valence-electron chi connectivity index (χ3n) is 5.09. The van der Waals surface area contributed by atoms with Gasteiger partial charge in [-0.05, 0) is 37.3 Å². The molecule has 1 unspecified atom stereocenters. The Morgan fingerprint density at radius 1 is 1.18 bits per heavy atom. The van der Waals surface area contributed by atoms with E-state index in [9.17, 15) is 9.59 Å². The van der Waals surface area contributed by atoms with Crippen molar-refractivity contribution in [2.75, 3.05) is 6.54 Å². The number of nitrogens with zero attached hydrogens (tertiary/aromatic N) is 2. The summed E-state index contributed by atoms with van der Waals surface area (Å²) in [4.78, 5) is 33.7. The minimum atomic E-state index is -0.244. The zero-order valence-corrected chi connectivity index (χ0v) is 12.4. The Morgan fingerprint density at radius 3 is 2.68 bits per heavy atom. The van der Waals surface area contributed by atoms with Crippen LogP contribution in [0.25, 0.3) is 10.9 Å². The molecule has 1 saturated heterocycles. The predicted octanol–water partition coefficient (Wildman–Crippen LogP) is 2.33. The van der Waals surface area contributed by atoms with Gasteiger partial charge in [-0.15, -0.1) is 0 Å². The van der Waals surface area contributed by atoms with Crippen LogP contribution in [0.3, 0.4) is 0 Å². The quantitative estimate of drug-likeness (QED) is 0.925. The van der Waals surface area contributed by atoms with Crippen LogP contribution in [0.15, 0.2) is 29.1 Å². The van der Waals surface area contributed by atoms with Crippen LogP contribution in [0.2, 0.25) is 0 Å². The Kier molecular flexibility index (Phi) is 3.21. The molecule has 1 atom stereocenters. The second-order valence-corrected chi connectivity index (χ2v) is 6.33. The van der Waals surface area contributed by atoms with Crippen molar-refractivity contribution in [2.24, 2.45) is 5.92 Å². The van der Waals surface area contributed by atoms with Gasteiger partial charge in [0.2, 0.25) is 0 Å². The largest absolute Gasteiger partial charge is 0.333 e. The number of nitrogens with one attached hydrogen (secondary N) is 1. The van der Waals surface area contributed by atoms with Crippen LogP contribution in [0.5, 0.6) is 0 Å². The second kappa shape index (κ2) is 5.23. The van der Waals surface area contributed by atoms with Gasteiger partial charge in [0, 0.05) is 12.6 Å². The molecule has 1 aliphatic carbocycles. The summed E-state index contributed by atoms with van der Waals surface area (Å²) in [6, 6.07) is 7.46. The average molecular weight is 297 g/mol. The second-order valence-electron chi connectivity index (χ2n) is 6.33. The monoisotopic (exact) mass is 297 g/mol. The maximum atomic E-state index is 12.7. The fraction of sp³-hybridized carbons (Fsp3) is 0.471. The van der Waals surface area contributed by atoms with E-state index in [4.69, 9.17) is 0 Å². The highest BCUT2D eigenvalue weighted by Crippen LogP contribution is 2.36. The number of hydrogen-bond donors (Lipinski definition) is 1. The van der Waals surface area contributed by atoms with Crippen LogP contribution in [-0.4, -0.2) is 33.4 Å². The minimum absolute atomic E-state index is 0.133. The van der Waals surface area contributed by atoms with Crippen molar-refractivity contribution in [1.82, 2.24) is 14.9 Å². The number of rotatable bonds is 2. The minimum Gasteiger partial charge on any atom is -0.333 e. The molecule has 2 aromatic rings. The van der Waals surface area contributed by atoms with Crippen molar-refractivity contribution >= 4 is 16.8 Å². The van der Waals surface area contributed by atoms with Crippen molar-refractivity contribution < 1.29 is 4.79 Å². The molecule has 22 heavy (non-hydrogen) atoms. The SMILES string of the molecule is O=C(c1nc2ccccc2c(=O)[nH]1)N1CCC1C1CCCC1. The first-order chi connectivity index (χ1) is 10.7. The predicted molar refractivity (Wildman–Crippen MR) is 83.8 cm³/mol. The number of para-hydroxylation sites is 1. The van der Waals surface area contributed by atoms with Gasteiger partial charge in [-0.1, -0.05) is 25.0 Å². The number of carbonyl (C=O) groups is 1. The van der Waals surface area contributed by atoms with Crippen LogP contribution in [-0.2, 0) is 0 Å². The molecule has 1 N–H and O–H groups in total. The molecule has 1 aromatic heterocycles. The van der Waals surface area contributed by atoms with Crippen LogP contribution < -0.4 is 5.56 Å². The van der Waals surface area contributed by atoms with Crippen molar-refractivity contribution in [1.29, 1.82) is 0 Å². The Morgan fingerprint density at radius 2 is 1.95 bits per heavy atom. The van der Waals surface area contributed by atoms with E-state index in [0.717, 1.165) is 13.0 Å². The van der Waals surface area contributed by atoms with E-state index in [1.807, 2.05) is 11.0 Å². The molecule has 0 spiro atoms. The third-order valence-corrected chi connectivity index (χ3v) is 5.09. The van der Waals surface area contributed by atoms with Crippen molar-refractivity contribution in [3.05, 3.63) is 40.4 Å². The van der Waals surface area contributed by atoms with Gasteiger partial charge in [0.15, 0.2) is 5.82 Å². The van der Waals surface area contributed by atoms with Gasteiger partial charge in [-0.25, -0.2) is 4.98 Å². The van der Waals surface area contributed by atoms with E-state index in [1.54, 1.807) is 18.2 Å². The van der Waals surface area contributed by atoms with E-state index >= 15 is 0 Å². The average Bonchev–Trinajstić information content (AvgIpc) is 2.99. The summed E-state index contributed by atoms with van der Waals surface area (Å²) in [6.07, 6.45) is 6.06. The first kappa shape index (κ1) is 13.5. The molecule has 5 nitrogen and oxygen atoms in total. The number of aromatic amines is 1. The molecule has 1 amide bonds. The molecule has 1 saturated carbocycles. The summed E-state index contributed by atoms with van der Waals surface area (Å²) in [5.74, 6) is 0.669. The van der Waals surface area contributed by atoms with Gasteiger partial charge in [0.1, 0.15) is 0 Å². The highest BCUT2D eigenvalue weighted by atomic mass is 16.2. The van der Waals surface area contributed by atoms with Crippen LogP contribution in [0.4, 0.5) is 0 Å². The molecule has 4 rings (SSSR count). The van der Waals surface area contributed by atoms with Gasteiger partial charge >= 0.3 is 0 Å². The van der Waals surface area contributed by atoms with Crippen LogP contribution >= 0.6 is 0 Å². The number of likely N-dealkylation sites (tertiary alicyclic amines) is 1. The molecule has 114 valence electrons. The smallest absolute Gasteiger partial charge is 0.290 e. The molecule has 1 aliphatic heterocycles. The standard InChI is InChI=1S/C17H19N3O2/c21-16-12-7-3-4-8-13(12)18-15(19-16)17(22)20-10-9-14(20)11-5-1-2-6-11/h3-4,7-8,11,14H,1-2,5-6,9-10H2,(H,18,19,21). The zero-order valence-electron chi connectivity index (χ0n) is 12.4. The molecular formula is C17H19N3O2. The van der Waals surface area contributed by atoms with Gasteiger partial charge in [0.25, 0.3) is 11.5 Å². The lowest BCUT2D eigenvalue weighted by atomic mass is 9.88. The van der Waals surface area contributed by atoms with Crippen molar-refractivity contribution in [3.8, 4) is 0 Å². The highest BCUT2D eigenvalue weighted by molar-refractivity contribution is 5.93. The van der Waals surface area contributed by atoms with Gasteiger partial charge in [0.05, 0.1) is 10.9 Å². The first-order valence-electron chi connectivity index (χ1n) is 8.04. The number of hydrogen-bond acceptors (Lipinski definition) is 3. The van der Waals surface area contributed by atoms with Crippen LogP contribution in [0.1, 0.15) is 42.7 Å². The van der Waals surface area contributed by atoms with Gasteiger partial charge in [-0.2, -0.15) is 0 Å². The highest BCUT2D eigenvalue weighted by Gasteiger charge is 2.39. The molecule has 0 radical (unpaired) electrons. The number of amides is 1. The fourth-order valence-corrected chi connectivity index (χ4v) is 3.82. The number of carbonyl (C=O) groups excluding carboxylic acids is 1. The fourth-order valence-electron chi connectivity index (χ4n) is 3.82. The Labute approximate surface area is 128 Å². The molecule has 2 heterocycles. The third kappa shape index (κ3) is 2.12. The Balaban J connectivity index is 1.64. The van der Waals surface area contributed by atoms with Crippen molar-refractivity contribution in [3.63, 3.8) is 0 Å². The Hall–Kier alpha value is -2.17. The van der Waals surface area contributed by atoms with E-state index < -0.39 is 0 Å². The summed E-state index contributed by atoms with van der Waals surface area (Å²) in [5, 5.41) is 0.523. The summed E-state index contributed by atoms with van der Waals surface area (Å²) in [5.41, 5.74) is 0.333. The van der Waals surface area contributed by atoms with E-state index in [-0.39, 0.29) is 17.3 Å². The first-order valence-corrected chi connectivity index (χ1v) is 8.04. The van der Waals surface area contributed by atoms with Gasteiger partial charge < -0.3 is 9.88 Å². The maximum absolute atomic E-state index is 12.7. The number of H-pyrrole nitrogens is 1. The van der Waals surface area contributed by atoms with Crippen molar-refractivity contribution in [2.45, 2.75) is 38.1 Å². The molecule has 0 bridgehead atoms. The maximum Gasteiger partial charge on any atom is 0.290 e. The topological polar surface area (TPSA) is 66.1 Å². The van der Waals surface area contributed by atoms with E-state index in [1.165, 1.54) is 25.7 Å². The number of benzene rings is 1. The summed E-state index contributed by atoms with van der Waals surface area (Å²) >= 11 is 0. The van der Waals surface area contributed by atoms with Gasteiger partial charge in [-0.3, -0.25) is 9.59 Å². The lowest BCUT2D eigenvalue weighted by molar-refractivity contribution is 0.0296. The lowest BCUT2D eigenvalue weighted by Crippen LogP contribution is -2.54. The molecule has 5 heteroatoms. The summed E-state index contributed by atoms with van der Waals surface area (Å²) in [7, 11) is 0. The van der Waals surface area contributed by atoms with E-state index in [2.05, 4.69) is 9.97 Å². The summed E-state index contributed by atoms with van der Waals surface area (Å²) < 4.78 is 0. The molecular weight excluding hydrogens is 278 g/mol. The number of fused-ring (bicyclic) bond motifs is 1. The van der Waals surface area contributed by atoms with Crippen LogP contribution in [0, 0.1) is 5.92 Å². The Bertz CT molecular complexity index is 777. The molecule has 2 aliphatic rings. The molecule has 1 aromatic carbocycles. The lowest BCUT2D eigenvalue weighted by Gasteiger charge is -2.44. The summed E-state index contributed by atoms with van der Waals surface area (Å²) in [6.45, 7) is 0.774.